The van der Waals surface area contributed by atoms with Crippen LogP contribution in [-0.2, 0) is 4.79 Å². The summed E-state index contributed by atoms with van der Waals surface area (Å²) in [6, 6.07) is 5.83. The minimum atomic E-state index is -0.179. The first-order valence-electron chi connectivity index (χ1n) is 8.21. The maximum atomic E-state index is 13.2. The van der Waals surface area contributed by atoms with Gasteiger partial charge in [0.25, 0.3) is 0 Å². The molecule has 1 aromatic rings. The number of benzene rings is 1. The van der Waals surface area contributed by atoms with Gasteiger partial charge in [-0.1, -0.05) is 6.07 Å². The van der Waals surface area contributed by atoms with Crippen molar-refractivity contribution in [3.05, 3.63) is 18.2 Å². The van der Waals surface area contributed by atoms with Crippen LogP contribution in [0.25, 0.3) is 0 Å². The lowest BCUT2D eigenvalue weighted by atomic mass is 9.72. The summed E-state index contributed by atoms with van der Waals surface area (Å²) in [5, 5.41) is 3.37. The first kappa shape index (κ1) is 13.9. The fraction of sp³-hybridized carbons (Fsp3) is 0.588. The summed E-state index contributed by atoms with van der Waals surface area (Å²) in [4.78, 5) is 15.1. The number of para-hydroxylation sites is 1. The van der Waals surface area contributed by atoms with Gasteiger partial charge >= 0.3 is 0 Å². The van der Waals surface area contributed by atoms with Crippen LogP contribution in [0.3, 0.4) is 0 Å². The molecule has 5 heteroatoms. The molecule has 4 rings (SSSR count). The Balaban J connectivity index is 1.69. The number of hydrogen-bond donors (Lipinski definition) is 1. The summed E-state index contributed by atoms with van der Waals surface area (Å²) in [6.45, 7) is 3.76. The Morgan fingerprint density at radius 2 is 1.91 bits per heavy atom. The molecule has 0 unspecified atom stereocenters. The zero-order chi connectivity index (χ0) is 15.0. The van der Waals surface area contributed by atoms with Gasteiger partial charge in [-0.05, 0) is 50.9 Å². The van der Waals surface area contributed by atoms with E-state index in [0.29, 0.717) is 13.2 Å². The second-order valence-corrected chi connectivity index (χ2v) is 6.39. The van der Waals surface area contributed by atoms with Crippen molar-refractivity contribution in [2.24, 2.45) is 5.41 Å². The standard InChI is InChI=1S/C17H22N2O3/c20-16-17(6-8-18-9-7-17)5-2-10-19(16)13-3-1-4-14-15(13)22-12-11-21-14/h1,3-4,18H,2,5-12H2. The van der Waals surface area contributed by atoms with Gasteiger partial charge in [-0.15, -0.1) is 0 Å². The van der Waals surface area contributed by atoms with E-state index in [1.807, 2.05) is 23.1 Å². The highest BCUT2D eigenvalue weighted by Crippen LogP contribution is 2.45. The van der Waals surface area contributed by atoms with Crippen LogP contribution in [0.1, 0.15) is 25.7 Å². The molecule has 0 aliphatic carbocycles. The number of ether oxygens (including phenoxy) is 2. The number of nitrogens with one attached hydrogen (secondary N) is 1. The Hall–Kier alpha value is -1.75. The van der Waals surface area contributed by atoms with E-state index in [1.54, 1.807) is 0 Å². The van der Waals surface area contributed by atoms with Gasteiger partial charge in [-0.3, -0.25) is 4.79 Å². The van der Waals surface area contributed by atoms with E-state index in [-0.39, 0.29) is 11.3 Å². The lowest BCUT2D eigenvalue weighted by molar-refractivity contribution is -0.132. The molecule has 0 atom stereocenters. The molecule has 0 saturated carbocycles. The highest BCUT2D eigenvalue weighted by atomic mass is 16.6. The molecule has 5 nitrogen and oxygen atoms in total. The van der Waals surface area contributed by atoms with Gasteiger partial charge in [0.15, 0.2) is 11.5 Å². The Morgan fingerprint density at radius 3 is 2.77 bits per heavy atom. The van der Waals surface area contributed by atoms with E-state index in [1.165, 1.54) is 0 Å². The maximum absolute atomic E-state index is 13.2. The van der Waals surface area contributed by atoms with E-state index < -0.39 is 0 Å². The van der Waals surface area contributed by atoms with E-state index in [0.717, 1.165) is 62.5 Å². The molecule has 0 aromatic heterocycles. The predicted octanol–water partition coefficient (Wildman–Crippen LogP) is 1.95. The van der Waals surface area contributed by atoms with Crippen molar-refractivity contribution in [1.82, 2.24) is 5.32 Å². The number of piperidine rings is 2. The number of fused-ring (bicyclic) bond motifs is 1. The fourth-order valence-corrected chi connectivity index (χ4v) is 3.94. The van der Waals surface area contributed by atoms with Gasteiger partial charge in [0, 0.05) is 6.54 Å². The van der Waals surface area contributed by atoms with Crippen LogP contribution in [0.15, 0.2) is 18.2 Å². The Morgan fingerprint density at radius 1 is 1.09 bits per heavy atom. The van der Waals surface area contributed by atoms with Gasteiger partial charge in [-0.25, -0.2) is 0 Å². The highest BCUT2D eigenvalue weighted by molar-refractivity contribution is 6.00. The van der Waals surface area contributed by atoms with Crippen LogP contribution in [0.5, 0.6) is 11.5 Å². The van der Waals surface area contributed by atoms with E-state index in [4.69, 9.17) is 9.47 Å². The third kappa shape index (κ3) is 2.15. The minimum Gasteiger partial charge on any atom is -0.486 e. The number of nitrogens with zero attached hydrogens (tertiary/aromatic N) is 1. The van der Waals surface area contributed by atoms with Gasteiger partial charge in [0.1, 0.15) is 13.2 Å². The van der Waals surface area contributed by atoms with E-state index in [2.05, 4.69) is 5.32 Å². The van der Waals surface area contributed by atoms with Gasteiger partial charge < -0.3 is 19.7 Å². The number of carbonyl (C=O) groups is 1. The topological polar surface area (TPSA) is 50.8 Å². The summed E-state index contributed by atoms with van der Waals surface area (Å²) in [7, 11) is 0. The molecular weight excluding hydrogens is 280 g/mol. The molecule has 3 aliphatic rings. The van der Waals surface area contributed by atoms with Gasteiger partial charge in [0.05, 0.1) is 11.1 Å². The molecule has 0 bridgehead atoms. The Kier molecular flexibility index (Phi) is 3.45. The smallest absolute Gasteiger partial charge is 0.233 e. The van der Waals surface area contributed by atoms with Crippen LogP contribution in [-0.4, -0.2) is 38.8 Å². The average Bonchev–Trinajstić information content (AvgIpc) is 2.58. The van der Waals surface area contributed by atoms with E-state index in [9.17, 15) is 4.79 Å². The second kappa shape index (κ2) is 5.47. The first-order valence-corrected chi connectivity index (χ1v) is 8.21. The SMILES string of the molecule is O=C1N(c2cccc3c2OCCO3)CCCC12CCNCC2. The van der Waals surface area contributed by atoms with Crippen LogP contribution in [0, 0.1) is 5.41 Å². The van der Waals surface area contributed by atoms with Crippen molar-refractivity contribution in [2.75, 3.05) is 37.7 Å². The Labute approximate surface area is 130 Å². The van der Waals surface area contributed by atoms with E-state index >= 15 is 0 Å². The maximum Gasteiger partial charge on any atom is 0.233 e. The molecule has 3 heterocycles. The molecule has 1 aromatic carbocycles. The van der Waals surface area contributed by atoms with Crippen LogP contribution >= 0.6 is 0 Å². The molecule has 0 radical (unpaired) electrons. The molecule has 1 N–H and O–H groups in total. The zero-order valence-electron chi connectivity index (χ0n) is 12.8. The number of hydrogen-bond acceptors (Lipinski definition) is 4. The molecule has 1 amide bonds. The van der Waals surface area contributed by atoms with Crippen molar-refractivity contribution in [2.45, 2.75) is 25.7 Å². The summed E-state index contributed by atoms with van der Waals surface area (Å²) in [5.74, 6) is 1.75. The monoisotopic (exact) mass is 302 g/mol. The molecule has 2 saturated heterocycles. The zero-order valence-corrected chi connectivity index (χ0v) is 12.8. The third-order valence-corrected chi connectivity index (χ3v) is 5.13. The van der Waals surface area contributed by atoms with Crippen molar-refractivity contribution in [3.8, 4) is 11.5 Å². The van der Waals surface area contributed by atoms with Crippen LogP contribution in [0.4, 0.5) is 5.69 Å². The molecule has 118 valence electrons. The lowest BCUT2D eigenvalue weighted by Crippen LogP contribution is -2.53. The first-order chi connectivity index (χ1) is 10.8. The molecule has 1 spiro atoms. The molecule has 22 heavy (non-hydrogen) atoms. The molecule has 2 fully saturated rings. The van der Waals surface area contributed by atoms with Crippen molar-refractivity contribution in [3.63, 3.8) is 0 Å². The second-order valence-electron chi connectivity index (χ2n) is 6.39. The summed E-state index contributed by atoms with van der Waals surface area (Å²) < 4.78 is 11.5. The fourth-order valence-electron chi connectivity index (χ4n) is 3.94. The molecule has 3 aliphatic heterocycles. The summed E-state index contributed by atoms with van der Waals surface area (Å²) in [6.07, 6.45) is 3.94. The number of carbonyl (C=O) groups excluding carboxylic acids is 1. The average molecular weight is 302 g/mol. The Bertz CT molecular complexity index is 576. The lowest BCUT2D eigenvalue weighted by Gasteiger charge is -2.44. The van der Waals surface area contributed by atoms with Crippen molar-refractivity contribution in [1.29, 1.82) is 0 Å². The molecular formula is C17H22N2O3. The van der Waals surface area contributed by atoms with Crippen molar-refractivity contribution >= 4 is 11.6 Å². The number of rotatable bonds is 1. The minimum absolute atomic E-state index is 0.179. The van der Waals surface area contributed by atoms with Gasteiger partial charge in [0.2, 0.25) is 5.91 Å². The largest absolute Gasteiger partial charge is 0.486 e. The highest BCUT2D eigenvalue weighted by Gasteiger charge is 2.45. The number of anilines is 1. The van der Waals surface area contributed by atoms with Crippen molar-refractivity contribution < 1.29 is 14.3 Å². The quantitative estimate of drug-likeness (QED) is 0.861. The number of amides is 1. The van der Waals surface area contributed by atoms with Crippen LogP contribution < -0.4 is 19.7 Å². The normalized spacial score (nSPS) is 23.6. The summed E-state index contributed by atoms with van der Waals surface area (Å²) in [5.41, 5.74) is 0.696. The predicted molar refractivity (Wildman–Crippen MR) is 83.6 cm³/mol. The van der Waals surface area contributed by atoms with Crippen LogP contribution in [0.2, 0.25) is 0 Å². The third-order valence-electron chi connectivity index (χ3n) is 5.13. The summed E-state index contributed by atoms with van der Waals surface area (Å²) >= 11 is 0. The van der Waals surface area contributed by atoms with Gasteiger partial charge in [-0.2, -0.15) is 0 Å².